The molecule has 4 heteroatoms. The highest BCUT2D eigenvalue weighted by molar-refractivity contribution is 4.59. The number of ether oxygens (including phenoxy) is 1. The summed E-state index contributed by atoms with van der Waals surface area (Å²) in [6, 6.07) is 0. The molecule has 0 bridgehead atoms. The van der Waals surface area contributed by atoms with E-state index < -0.39 is 6.10 Å². The normalized spacial score (nSPS) is 13.3. The highest BCUT2D eigenvalue weighted by Crippen LogP contribution is 1.97. The van der Waals surface area contributed by atoms with Gasteiger partial charge in [-0.15, -0.1) is 0 Å². The Balaban J connectivity index is 3.12. The van der Waals surface area contributed by atoms with E-state index in [1.807, 2.05) is 13.8 Å². The van der Waals surface area contributed by atoms with E-state index in [0.717, 1.165) is 32.2 Å². The number of hydrogen-bond donors (Lipinski definition) is 3. The summed E-state index contributed by atoms with van der Waals surface area (Å²) in [6.07, 6.45) is 3.96. The molecule has 16 heavy (non-hydrogen) atoms. The molecular weight excluding hydrogens is 206 g/mol. The zero-order valence-electron chi connectivity index (χ0n) is 10.6. The van der Waals surface area contributed by atoms with Crippen molar-refractivity contribution in [3.63, 3.8) is 0 Å². The summed E-state index contributed by atoms with van der Waals surface area (Å²) in [6.45, 7) is 6.12. The topological polar surface area (TPSA) is 61.7 Å². The van der Waals surface area contributed by atoms with Crippen LogP contribution in [-0.4, -0.2) is 48.7 Å². The minimum absolute atomic E-state index is 0.174. The third kappa shape index (κ3) is 11.9. The van der Waals surface area contributed by atoms with E-state index in [0.29, 0.717) is 19.8 Å². The van der Waals surface area contributed by atoms with Crippen molar-refractivity contribution < 1.29 is 14.9 Å². The second-order valence-corrected chi connectivity index (χ2v) is 4.38. The predicted octanol–water partition coefficient (Wildman–Crippen LogP) is 0.915. The van der Waals surface area contributed by atoms with Gasteiger partial charge in [0.15, 0.2) is 0 Å². The van der Waals surface area contributed by atoms with Gasteiger partial charge in [-0.05, 0) is 33.2 Å². The molecule has 0 saturated heterocycles. The van der Waals surface area contributed by atoms with Gasteiger partial charge in [-0.2, -0.15) is 0 Å². The van der Waals surface area contributed by atoms with Crippen molar-refractivity contribution in [2.24, 2.45) is 0 Å². The molecule has 0 saturated carbocycles. The van der Waals surface area contributed by atoms with Gasteiger partial charge in [0.05, 0.1) is 18.8 Å². The maximum absolute atomic E-state index is 9.52. The lowest BCUT2D eigenvalue weighted by Gasteiger charge is -2.14. The van der Waals surface area contributed by atoms with E-state index >= 15 is 0 Å². The predicted molar refractivity (Wildman–Crippen MR) is 65.5 cm³/mol. The number of aliphatic hydroxyl groups is 2. The number of rotatable bonds is 11. The van der Waals surface area contributed by atoms with Crippen LogP contribution < -0.4 is 5.32 Å². The first kappa shape index (κ1) is 15.8. The highest BCUT2D eigenvalue weighted by atomic mass is 16.5. The summed E-state index contributed by atoms with van der Waals surface area (Å²) in [4.78, 5) is 0. The van der Waals surface area contributed by atoms with Gasteiger partial charge in [0.25, 0.3) is 0 Å². The van der Waals surface area contributed by atoms with Crippen LogP contribution in [0.4, 0.5) is 0 Å². The molecule has 0 amide bonds. The van der Waals surface area contributed by atoms with Gasteiger partial charge in [0, 0.05) is 13.2 Å². The minimum Gasteiger partial charge on any atom is -0.396 e. The summed E-state index contributed by atoms with van der Waals surface area (Å²) < 4.78 is 5.30. The molecule has 0 radical (unpaired) electrons. The molecule has 0 aromatic heterocycles. The van der Waals surface area contributed by atoms with E-state index in [9.17, 15) is 5.11 Å². The van der Waals surface area contributed by atoms with E-state index in [1.54, 1.807) is 0 Å². The van der Waals surface area contributed by atoms with Crippen LogP contribution in [0.2, 0.25) is 0 Å². The van der Waals surface area contributed by atoms with Crippen LogP contribution >= 0.6 is 0 Å². The molecule has 0 aliphatic rings. The first-order valence-electron chi connectivity index (χ1n) is 6.28. The fourth-order valence-electron chi connectivity index (χ4n) is 1.35. The molecule has 0 fully saturated rings. The van der Waals surface area contributed by atoms with Crippen LogP contribution in [0.5, 0.6) is 0 Å². The van der Waals surface area contributed by atoms with E-state index in [-0.39, 0.29) is 6.10 Å². The van der Waals surface area contributed by atoms with Crippen molar-refractivity contribution >= 4 is 0 Å². The maximum atomic E-state index is 9.52. The minimum atomic E-state index is -0.417. The molecular formula is C12H27NO3. The molecule has 0 heterocycles. The number of nitrogens with one attached hydrogen (secondary N) is 1. The standard InChI is InChI=1S/C12H27NO3/c1-11(2)16-10-12(15)9-13-7-5-3-4-6-8-14/h11-15H,3-10H2,1-2H3. The first-order chi connectivity index (χ1) is 7.66. The maximum Gasteiger partial charge on any atom is 0.0897 e. The summed E-state index contributed by atoms with van der Waals surface area (Å²) in [5.41, 5.74) is 0. The lowest BCUT2D eigenvalue weighted by molar-refractivity contribution is 0.00646. The second kappa shape index (κ2) is 11.3. The molecule has 3 N–H and O–H groups in total. The van der Waals surface area contributed by atoms with Gasteiger partial charge in [-0.1, -0.05) is 12.8 Å². The van der Waals surface area contributed by atoms with Gasteiger partial charge in [0.2, 0.25) is 0 Å². The van der Waals surface area contributed by atoms with Crippen molar-refractivity contribution in [1.29, 1.82) is 0 Å². The fourth-order valence-corrected chi connectivity index (χ4v) is 1.35. The number of unbranched alkanes of at least 4 members (excludes halogenated alkanes) is 3. The van der Waals surface area contributed by atoms with Crippen LogP contribution in [0.3, 0.4) is 0 Å². The molecule has 0 aromatic carbocycles. The van der Waals surface area contributed by atoms with E-state index in [4.69, 9.17) is 9.84 Å². The molecule has 1 atom stereocenters. The highest BCUT2D eigenvalue weighted by Gasteiger charge is 2.04. The van der Waals surface area contributed by atoms with Gasteiger partial charge in [-0.3, -0.25) is 0 Å². The summed E-state index contributed by atoms with van der Waals surface area (Å²) in [5.74, 6) is 0. The Morgan fingerprint density at radius 3 is 2.44 bits per heavy atom. The third-order valence-corrected chi connectivity index (χ3v) is 2.26. The van der Waals surface area contributed by atoms with Crippen LogP contribution in [0, 0.1) is 0 Å². The SMILES string of the molecule is CC(C)OCC(O)CNCCCCCCO. The zero-order valence-corrected chi connectivity index (χ0v) is 10.6. The van der Waals surface area contributed by atoms with Gasteiger partial charge >= 0.3 is 0 Å². The average Bonchev–Trinajstić information content (AvgIpc) is 2.25. The Bertz CT molecular complexity index is 142. The first-order valence-corrected chi connectivity index (χ1v) is 6.28. The Morgan fingerprint density at radius 2 is 1.81 bits per heavy atom. The molecule has 0 aliphatic carbocycles. The molecule has 4 nitrogen and oxygen atoms in total. The molecule has 0 aliphatic heterocycles. The van der Waals surface area contributed by atoms with Crippen molar-refractivity contribution in [2.75, 3.05) is 26.3 Å². The number of aliphatic hydroxyl groups excluding tert-OH is 2. The van der Waals surface area contributed by atoms with Gasteiger partial charge < -0.3 is 20.3 Å². The smallest absolute Gasteiger partial charge is 0.0897 e. The van der Waals surface area contributed by atoms with E-state index in [2.05, 4.69) is 5.32 Å². The van der Waals surface area contributed by atoms with Crippen LogP contribution in [0.15, 0.2) is 0 Å². The molecule has 98 valence electrons. The molecule has 1 unspecified atom stereocenters. The van der Waals surface area contributed by atoms with Crippen LogP contribution in [-0.2, 0) is 4.74 Å². The Morgan fingerprint density at radius 1 is 1.12 bits per heavy atom. The second-order valence-electron chi connectivity index (χ2n) is 4.38. The Labute approximate surface area is 99.0 Å². The molecule has 0 spiro atoms. The lowest BCUT2D eigenvalue weighted by Crippen LogP contribution is -2.31. The fraction of sp³-hybridized carbons (Fsp3) is 1.00. The zero-order chi connectivity index (χ0) is 12.2. The third-order valence-electron chi connectivity index (χ3n) is 2.26. The van der Waals surface area contributed by atoms with Crippen molar-refractivity contribution in [1.82, 2.24) is 5.32 Å². The molecule has 0 aromatic rings. The Kier molecular flexibility index (Phi) is 11.2. The largest absolute Gasteiger partial charge is 0.396 e. The van der Waals surface area contributed by atoms with Crippen molar-refractivity contribution in [3.8, 4) is 0 Å². The number of hydrogen-bond acceptors (Lipinski definition) is 4. The average molecular weight is 233 g/mol. The summed E-state index contributed by atoms with van der Waals surface area (Å²) in [7, 11) is 0. The monoisotopic (exact) mass is 233 g/mol. The van der Waals surface area contributed by atoms with Crippen LogP contribution in [0.25, 0.3) is 0 Å². The molecule has 0 rings (SSSR count). The van der Waals surface area contributed by atoms with Crippen molar-refractivity contribution in [2.45, 2.75) is 51.7 Å². The van der Waals surface area contributed by atoms with Gasteiger partial charge in [0.1, 0.15) is 0 Å². The quantitative estimate of drug-likeness (QED) is 0.464. The van der Waals surface area contributed by atoms with Gasteiger partial charge in [-0.25, -0.2) is 0 Å². The van der Waals surface area contributed by atoms with Crippen LogP contribution in [0.1, 0.15) is 39.5 Å². The summed E-state index contributed by atoms with van der Waals surface area (Å²) >= 11 is 0. The van der Waals surface area contributed by atoms with Crippen molar-refractivity contribution in [3.05, 3.63) is 0 Å². The van der Waals surface area contributed by atoms with E-state index in [1.165, 1.54) is 0 Å². The summed E-state index contributed by atoms with van der Waals surface area (Å²) in [5, 5.41) is 21.3. The lowest BCUT2D eigenvalue weighted by atomic mass is 10.2. The Hall–Kier alpha value is -0.160.